The van der Waals surface area contributed by atoms with Crippen LogP contribution in [0.15, 0.2) is 54.7 Å². The van der Waals surface area contributed by atoms with Gasteiger partial charge >= 0.3 is 0 Å². The molecular formula is C30H42N2O. The molecule has 3 aromatic rings. The zero-order valence-electron chi connectivity index (χ0n) is 21.0. The topological polar surface area (TPSA) is 24.7 Å². The largest absolute Gasteiger partial charge is 0.313 e. The number of benzene rings is 1. The molecule has 0 fully saturated rings. The van der Waals surface area contributed by atoms with Gasteiger partial charge in [-0.15, -0.1) is 0 Å². The number of aryl methyl sites for hydroxylation is 2. The molecule has 1 aromatic carbocycles. The number of unbranched alkanes of at least 4 members (excludes halogenated alkanes) is 3. The van der Waals surface area contributed by atoms with Gasteiger partial charge in [0, 0.05) is 17.3 Å². The molecule has 3 rings (SSSR count). The minimum atomic E-state index is 0.129. The van der Waals surface area contributed by atoms with Crippen molar-refractivity contribution in [3.63, 3.8) is 0 Å². The molecule has 0 saturated heterocycles. The van der Waals surface area contributed by atoms with E-state index in [0.717, 1.165) is 54.6 Å². The number of carbonyl (C=O) groups is 1. The van der Waals surface area contributed by atoms with E-state index in [4.69, 9.17) is 0 Å². The Bertz CT molecular complexity index is 978. The summed E-state index contributed by atoms with van der Waals surface area (Å²) in [5.41, 5.74) is 5.20. The van der Waals surface area contributed by atoms with Crippen molar-refractivity contribution in [1.29, 1.82) is 0 Å². The van der Waals surface area contributed by atoms with Crippen LogP contribution in [0.2, 0.25) is 0 Å². The summed E-state index contributed by atoms with van der Waals surface area (Å²) in [5.74, 6) is 0.129. The molecule has 2 aromatic heterocycles. The summed E-state index contributed by atoms with van der Waals surface area (Å²) in [6, 6.07) is 16.6. The zero-order valence-corrected chi connectivity index (χ0v) is 21.0. The minimum Gasteiger partial charge on any atom is -0.313 e. The Morgan fingerprint density at radius 1 is 0.788 bits per heavy atom. The molecule has 0 spiro atoms. The number of pyridine rings is 1. The van der Waals surface area contributed by atoms with Crippen molar-refractivity contribution in [2.45, 2.75) is 78.6 Å². The van der Waals surface area contributed by atoms with Crippen molar-refractivity contribution in [3.8, 4) is 0 Å². The van der Waals surface area contributed by atoms with Crippen molar-refractivity contribution in [1.82, 2.24) is 9.30 Å². The number of hydrogen-bond acceptors (Lipinski definition) is 2. The molecule has 0 atom stereocenters. The monoisotopic (exact) mass is 446 g/mol. The third kappa shape index (κ3) is 7.04. The first kappa shape index (κ1) is 25.2. The fourth-order valence-corrected chi connectivity index (χ4v) is 4.56. The molecule has 0 aliphatic rings. The van der Waals surface area contributed by atoms with Crippen molar-refractivity contribution >= 4 is 11.3 Å². The van der Waals surface area contributed by atoms with Gasteiger partial charge in [-0.25, -0.2) is 0 Å². The van der Waals surface area contributed by atoms with Gasteiger partial charge in [0.25, 0.3) is 0 Å². The molecule has 33 heavy (non-hydrogen) atoms. The smallest absolute Gasteiger partial charge is 0.210 e. The average molecular weight is 447 g/mol. The van der Waals surface area contributed by atoms with E-state index in [1.54, 1.807) is 0 Å². The summed E-state index contributed by atoms with van der Waals surface area (Å²) in [6.07, 6.45) is 12.5. The number of fused-ring (bicyclic) bond motifs is 1. The highest BCUT2D eigenvalue weighted by atomic mass is 16.1. The maximum atomic E-state index is 13.5. The Hall–Kier alpha value is -2.39. The van der Waals surface area contributed by atoms with E-state index >= 15 is 0 Å². The van der Waals surface area contributed by atoms with Gasteiger partial charge in [0.05, 0.1) is 5.69 Å². The van der Waals surface area contributed by atoms with E-state index in [9.17, 15) is 4.79 Å². The number of carbonyl (C=O) groups excluding carboxylic acids is 1. The SMILES string of the molecule is CCCCc1cc2ccccn2c1C(=O)c1ccc(CCCN(CCCC)CCCC)cc1. The second-order valence-electron chi connectivity index (χ2n) is 9.30. The van der Waals surface area contributed by atoms with Crippen molar-refractivity contribution in [2.24, 2.45) is 0 Å². The Labute approximate surface area is 200 Å². The average Bonchev–Trinajstić information content (AvgIpc) is 3.22. The van der Waals surface area contributed by atoms with Crippen LogP contribution in [0.3, 0.4) is 0 Å². The molecule has 0 amide bonds. The fourth-order valence-electron chi connectivity index (χ4n) is 4.56. The molecular weight excluding hydrogens is 404 g/mol. The van der Waals surface area contributed by atoms with Crippen LogP contribution >= 0.6 is 0 Å². The molecule has 0 radical (unpaired) electrons. The summed E-state index contributed by atoms with van der Waals surface area (Å²) in [5, 5.41) is 0. The van der Waals surface area contributed by atoms with Crippen LogP contribution in [0, 0.1) is 0 Å². The lowest BCUT2D eigenvalue weighted by Gasteiger charge is -2.21. The maximum Gasteiger partial charge on any atom is 0.210 e. The van der Waals surface area contributed by atoms with E-state index in [1.807, 2.05) is 30.5 Å². The molecule has 3 nitrogen and oxygen atoms in total. The fraction of sp³-hybridized carbons (Fsp3) is 0.500. The highest BCUT2D eigenvalue weighted by Gasteiger charge is 2.18. The minimum absolute atomic E-state index is 0.129. The summed E-state index contributed by atoms with van der Waals surface area (Å²) >= 11 is 0. The van der Waals surface area contributed by atoms with Gasteiger partial charge in [-0.2, -0.15) is 0 Å². The Morgan fingerprint density at radius 3 is 2.12 bits per heavy atom. The second-order valence-corrected chi connectivity index (χ2v) is 9.30. The highest BCUT2D eigenvalue weighted by molar-refractivity contribution is 6.09. The number of ketones is 1. The van der Waals surface area contributed by atoms with Crippen LogP contribution in [0.5, 0.6) is 0 Å². The molecule has 178 valence electrons. The predicted octanol–water partition coefficient (Wildman–Crippen LogP) is 7.35. The zero-order chi connectivity index (χ0) is 23.5. The number of rotatable bonds is 15. The van der Waals surface area contributed by atoms with Gasteiger partial charge < -0.3 is 9.30 Å². The van der Waals surface area contributed by atoms with Crippen molar-refractivity contribution < 1.29 is 4.79 Å². The summed E-state index contributed by atoms with van der Waals surface area (Å²) < 4.78 is 2.06. The van der Waals surface area contributed by atoms with Crippen LogP contribution in [-0.2, 0) is 12.8 Å². The van der Waals surface area contributed by atoms with Gasteiger partial charge in [0.15, 0.2) is 0 Å². The van der Waals surface area contributed by atoms with Crippen molar-refractivity contribution in [2.75, 3.05) is 19.6 Å². The third-order valence-corrected chi connectivity index (χ3v) is 6.59. The lowest BCUT2D eigenvalue weighted by atomic mass is 10.00. The first-order valence-electron chi connectivity index (χ1n) is 13.1. The lowest BCUT2D eigenvalue weighted by Crippen LogP contribution is -2.27. The van der Waals surface area contributed by atoms with E-state index in [2.05, 4.69) is 54.3 Å². The lowest BCUT2D eigenvalue weighted by molar-refractivity contribution is 0.103. The molecule has 3 heteroatoms. The standard InChI is InChI=1S/C30H42N2O/c1-4-7-14-27-24-28-15-10-11-23-32(28)29(27)30(33)26-18-16-25(17-19-26)13-12-22-31(20-8-5-2)21-9-6-3/h10-11,15-19,23-24H,4-9,12-14,20-22H2,1-3H3. The van der Waals surface area contributed by atoms with Crippen molar-refractivity contribution in [3.05, 3.63) is 77.1 Å². The van der Waals surface area contributed by atoms with Gasteiger partial charge in [-0.3, -0.25) is 4.79 Å². The second kappa shape index (κ2) is 13.3. The Morgan fingerprint density at radius 2 is 1.45 bits per heavy atom. The summed E-state index contributed by atoms with van der Waals surface area (Å²) in [7, 11) is 0. The molecule has 0 aliphatic carbocycles. The predicted molar refractivity (Wildman–Crippen MR) is 140 cm³/mol. The first-order valence-corrected chi connectivity index (χ1v) is 13.1. The normalized spacial score (nSPS) is 11.5. The number of hydrogen-bond donors (Lipinski definition) is 0. The van der Waals surface area contributed by atoms with E-state index < -0.39 is 0 Å². The quantitative estimate of drug-likeness (QED) is 0.228. The number of aromatic nitrogens is 1. The van der Waals surface area contributed by atoms with Crippen LogP contribution in [0.25, 0.3) is 5.52 Å². The van der Waals surface area contributed by atoms with Gasteiger partial charge in [0.2, 0.25) is 5.78 Å². The van der Waals surface area contributed by atoms with Gasteiger partial charge in [0.1, 0.15) is 0 Å². The molecule has 0 aliphatic heterocycles. The molecule has 0 unspecified atom stereocenters. The third-order valence-electron chi connectivity index (χ3n) is 6.59. The Kier molecular flexibility index (Phi) is 10.2. The summed E-state index contributed by atoms with van der Waals surface area (Å²) in [4.78, 5) is 16.1. The molecule has 0 N–H and O–H groups in total. The first-order chi connectivity index (χ1) is 16.2. The van der Waals surface area contributed by atoms with Crippen LogP contribution in [-0.4, -0.2) is 34.7 Å². The van der Waals surface area contributed by atoms with Crippen LogP contribution in [0.1, 0.15) is 92.9 Å². The van der Waals surface area contributed by atoms with E-state index in [-0.39, 0.29) is 5.78 Å². The van der Waals surface area contributed by atoms with E-state index in [0.29, 0.717) is 0 Å². The maximum absolute atomic E-state index is 13.5. The van der Waals surface area contributed by atoms with Gasteiger partial charge in [-0.05, 0) is 87.5 Å². The Balaban J connectivity index is 1.66. The number of nitrogens with zero attached hydrogens (tertiary/aromatic N) is 2. The van der Waals surface area contributed by atoms with Crippen LogP contribution in [0.4, 0.5) is 0 Å². The van der Waals surface area contributed by atoms with E-state index in [1.165, 1.54) is 50.8 Å². The summed E-state index contributed by atoms with van der Waals surface area (Å²) in [6.45, 7) is 10.3. The van der Waals surface area contributed by atoms with Crippen LogP contribution < -0.4 is 0 Å². The molecule has 0 saturated carbocycles. The molecule has 0 bridgehead atoms. The molecule has 2 heterocycles. The van der Waals surface area contributed by atoms with Gasteiger partial charge in [-0.1, -0.05) is 70.4 Å². The highest BCUT2D eigenvalue weighted by Crippen LogP contribution is 2.22.